The smallest absolute Gasteiger partial charge is 0.241 e. The maximum absolute atomic E-state index is 12.6. The van der Waals surface area contributed by atoms with Crippen molar-refractivity contribution in [1.29, 1.82) is 0 Å². The highest BCUT2D eigenvalue weighted by Crippen LogP contribution is 2.23. The second-order valence-corrected chi connectivity index (χ2v) is 7.45. The van der Waals surface area contributed by atoms with Crippen LogP contribution in [0.5, 0.6) is 0 Å². The number of carbonyl (C=O) groups excluding carboxylic acids is 2. The van der Waals surface area contributed by atoms with E-state index in [4.69, 9.17) is 0 Å². The first-order chi connectivity index (χ1) is 13.3. The Kier molecular flexibility index (Phi) is 7.76. The largest absolute Gasteiger partial charge is 0.326 e. The van der Waals surface area contributed by atoms with Crippen LogP contribution in [0.3, 0.4) is 0 Å². The molecule has 2 rings (SSSR count). The molecule has 5 nitrogen and oxygen atoms in total. The SMILES string of the molecule is CCc1ccc([C@H](N[C@@H](C)C(=O)Nc2ccc(NC(C)=O)cc2)C(C)C)cc1. The molecule has 0 aromatic heterocycles. The van der Waals surface area contributed by atoms with Gasteiger partial charge in [-0.15, -0.1) is 0 Å². The second kappa shape index (κ2) is 10.0. The lowest BCUT2D eigenvalue weighted by Gasteiger charge is -2.26. The molecule has 0 aliphatic heterocycles. The van der Waals surface area contributed by atoms with Crippen LogP contribution in [0.2, 0.25) is 0 Å². The first-order valence-corrected chi connectivity index (χ1v) is 9.83. The molecule has 3 N–H and O–H groups in total. The summed E-state index contributed by atoms with van der Waals surface area (Å²) in [5, 5.41) is 9.09. The van der Waals surface area contributed by atoms with Gasteiger partial charge in [0.2, 0.25) is 11.8 Å². The maximum atomic E-state index is 12.6. The van der Waals surface area contributed by atoms with Crippen LogP contribution >= 0.6 is 0 Å². The van der Waals surface area contributed by atoms with Gasteiger partial charge in [-0.2, -0.15) is 0 Å². The molecule has 0 unspecified atom stereocenters. The monoisotopic (exact) mass is 381 g/mol. The third kappa shape index (κ3) is 6.20. The van der Waals surface area contributed by atoms with Crippen LogP contribution in [0, 0.1) is 5.92 Å². The molecule has 0 saturated heterocycles. The Hall–Kier alpha value is -2.66. The van der Waals surface area contributed by atoms with E-state index in [1.54, 1.807) is 24.3 Å². The van der Waals surface area contributed by atoms with Crippen molar-refractivity contribution in [3.05, 3.63) is 59.7 Å². The number of hydrogen-bond donors (Lipinski definition) is 3. The lowest BCUT2D eigenvalue weighted by molar-refractivity contribution is -0.118. The van der Waals surface area contributed by atoms with Crippen molar-refractivity contribution < 1.29 is 9.59 Å². The first kappa shape index (κ1) is 21.6. The molecule has 0 heterocycles. The van der Waals surface area contributed by atoms with E-state index < -0.39 is 0 Å². The number of benzene rings is 2. The minimum atomic E-state index is -0.353. The van der Waals surface area contributed by atoms with Crippen LogP contribution in [-0.4, -0.2) is 17.9 Å². The Morgan fingerprint density at radius 3 is 1.86 bits per heavy atom. The van der Waals surface area contributed by atoms with Crippen molar-refractivity contribution >= 4 is 23.2 Å². The van der Waals surface area contributed by atoms with Crippen molar-refractivity contribution in [3.63, 3.8) is 0 Å². The third-order valence-electron chi connectivity index (χ3n) is 4.71. The van der Waals surface area contributed by atoms with Crippen molar-refractivity contribution in [1.82, 2.24) is 5.32 Å². The van der Waals surface area contributed by atoms with Crippen LogP contribution in [0.1, 0.15) is 51.8 Å². The zero-order valence-electron chi connectivity index (χ0n) is 17.4. The maximum Gasteiger partial charge on any atom is 0.241 e. The molecule has 0 saturated carbocycles. The molecule has 0 aliphatic rings. The average Bonchev–Trinajstić information content (AvgIpc) is 2.67. The van der Waals surface area contributed by atoms with Gasteiger partial charge in [0.05, 0.1) is 6.04 Å². The number of hydrogen-bond acceptors (Lipinski definition) is 3. The average molecular weight is 382 g/mol. The normalized spacial score (nSPS) is 13.1. The van der Waals surface area contributed by atoms with Gasteiger partial charge in [-0.1, -0.05) is 45.0 Å². The number of amides is 2. The summed E-state index contributed by atoms with van der Waals surface area (Å²) in [7, 11) is 0. The second-order valence-electron chi connectivity index (χ2n) is 7.45. The van der Waals surface area contributed by atoms with Crippen molar-refractivity contribution in [2.24, 2.45) is 5.92 Å². The highest BCUT2D eigenvalue weighted by Gasteiger charge is 2.22. The molecule has 2 aromatic rings. The van der Waals surface area contributed by atoms with Gasteiger partial charge in [0.15, 0.2) is 0 Å². The molecule has 0 aliphatic carbocycles. The molecule has 2 amide bonds. The van der Waals surface area contributed by atoms with Gasteiger partial charge in [0, 0.05) is 24.3 Å². The predicted octanol–water partition coefficient (Wildman–Crippen LogP) is 4.52. The van der Waals surface area contributed by atoms with E-state index >= 15 is 0 Å². The number of nitrogens with one attached hydrogen (secondary N) is 3. The minimum absolute atomic E-state index is 0.0915. The summed E-state index contributed by atoms with van der Waals surface area (Å²) in [5.41, 5.74) is 3.89. The number of aryl methyl sites for hydroxylation is 1. The van der Waals surface area contributed by atoms with Gasteiger partial charge in [-0.25, -0.2) is 0 Å². The molecule has 2 atom stereocenters. The van der Waals surface area contributed by atoms with Crippen LogP contribution in [0.25, 0.3) is 0 Å². The Morgan fingerprint density at radius 2 is 1.39 bits per heavy atom. The van der Waals surface area contributed by atoms with Gasteiger partial charge in [0.1, 0.15) is 0 Å². The molecule has 0 spiro atoms. The lowest BCUT2D eigenvalue weighted by Crippen LogP contribution is -2.41. The lowest BCUT2D eigenvalue weighted by atomic mass is 9.94. The van der Waals surface area contributed by atoms with Gasteiger partial charge < -0.3 is 10.6 Å². The van der Waals surface area contributed by atoms with E-state index in [1.807, 2.05) is 6.92 Å². The molecule has 5 heteroatoms. The summed E-state index contributed by atoms with van der Waals surface area (Å²) in [5.74, 6) is 0.129. The standard InChI is InChI=1S/C23H31N3O2/c1-6-18-7-9-19(10-8-18)22(15(2)3)24-16(4)23(28)26-21-13-11-20(12-14-21)25-17(5)27/h7-16,22,24H,6H2,1-5H3,(H,25,27)(H,26,28)/t16-,22+/m0/s1. The number of rotatable bonds is 8. The zero-order valence-corrected chi connectivity index (χ0v) is 17.4. The summed E-state index contributed by atoms with van der Waals surface area (Å²) in [6.07, 6.45) is 1.01. The number of carbonyl (C=O) groups is 2. The quantitative estimate of drug-likeness (QED) is 0.629. The Balaban J connectivity index is 2.01. The van der Waals surface area contributed by atoms with Gasteiger partial charge in [-0.05, 0) is 54.7 Å². The summed E-state index contributed by atoms with van der Waals surface area (Å²) < 4.78 is 0. The Morgan fingerprint density at radius 1 is 0.857 bits per heavy atom. The Labute approximate surface area is 167 Å². The molecule has 28 heavy (non-hydrogen) atoms. The summed E-state index contributed by atoms with van der Waals surface area (Å²) in [4.78, 5) is 23.7. The van der Waals surface area contributed by atoms with Crippen LogP contribution in [0.15, 0.2) is 48.5 Å². The zero-order chi connectivity index (χ0) is 20.7. The van der Waals surface area contributed by atoms with E-state index in [0.717, 1.165) is 6.42 Å². The molecule has 0 radical (unpaired) electrons. The third-order valence-corrected chi connectivity index (χ3v) is 4.71. The summed E-state index contributed by atoms with van der Waals surface area (Å²) in [6, 6.07) is 15.4. The van der Waals surface area contributed by atoms with Gasteiger partial charge in [0.25, 0.3) is 0 Å². The molecule has 150 valence electrons. The Bertz CT molecular complexity index is 782. The first-order valence-electron chi connectivity index (χ1n) is 9.83. The highest BCUT2D eigenvalue weighted by atomic mass is 16.2. The van der Waals surface area contributed by atoms with E-state index in [9.17, 15) is 9.59 Å². The van der Waals surface area contributed by atoms with Crippen LogP contribution < -0.4 is 16.0 Å². The van der Waals surface area contributed by atoms with Crippen molar-refractivity contribution in [3.8, 4) is 0 Å². The molecular weight excluding hydrogens is 350 g/mol. The van der Waals surface area contributed by atoms with Crippen molar-refractivity contribution in [2.45, 2.75) is 53.1 Å². The van der Waals surface area contributed by atoms with Gasteiger partial charge >= 0.3 is 0 Å². The summed E-state index contributed by atoms with van der Waals surface area (Å²) in [6.45, 7) is 9.77. The number of anilines is 2. The predicted molar refractivity (Wildman–Crippen MR) is 115 cm³/mol. The molecule has 0 fully saturated rings. The fourth-order valence-corrected chi connectivity index (χ4v) is 3.07. The fraction of sp³-hybridized carbons (Fsp3) is 0.391. The van der Waals surface area contributed by atoms with E-state index in [2.05, 4.69) is 61.0 Å². The van der Waals surface area contributed by atoms with E-state index in [1.165, 1.54) is 18.1 Å². The molecule has 0 bridgehead atoms. The van der Waals surface area contributed by atoms with Crippen molar-refractivity contribution in [2.75, 3.05) is 10.6 Å². The van der Waals surface area contributed by atoms with Gasteiger partial charge in [-0.3, -0.25) is 14.9 Å². The van der Waals surface area contributed by atoms with E-state index in [-0.39, 0.29) is 23.9 Å². The molecule has 2 aromatic carbocycles. The highest BCUT2D eigenvalue weighted by molar-refractivity contribution is 5.95. The van der Waals surface area contributed by atoms with Crippen LogP contribution in [-0.2, 0) is 16.0 Å². The topological polar surface area (TPSA) is 70.2 Å². The van der Waals surface area contributed by atoms with E-state index in [0.29, 0.717) is 17.3 Å². The summed E-state index contributed by atoms with van der Waals surface area (Å²) >= 11 is 0. The molecular formula is C23H31N3O2. The fourth-order valence-electron chi connectivity index (χ4n) is 3.07. The van der Waals surface area contributed by atoms with Crippen LogP contribution in [0.4, 0.5) is 11.4 Å². The minimum Gasteiger partial charge on any atom is -0.326 e.